The van der Waals surface area contributed by atoms with Crippen LogP contribution in [0.15, 0.2) is 24.3 Å². The van der Waals surface area contributed by atoms with Crippen molar-refractivity contribution in [3.63, 3.8) is 0 Å². The van der Waals surface area contributed by atoms with Gasteiger partial charge in [0.1, 0.15) is 0 Å². The molecule has 1 amide bonds. The van der Waals surface area contributed by atoms with Gasteiger partial charge in [-0.05, 0) is 24.1 Å². The van der Waals surface area contributed by atoms with Crippen LogP contribution in [0.25, 0.3) is 0 Å². The first-order valence-corrected chi connectivity index (χ1v) is 6.01. The molecule has 0 bridgehead atoms. The Bertz CT molecular complexity index is 345. The summed E-state index contributed by atoms with van der Waals surface area (Å²) in [7, 11) is 11.0. The number of carbonyl (C=O) groups excluding carboxylic acids is 1. The third-order valence-corrected chi connectivity index (χ3v) is 2.69. The van der Waals surface area contributed by atoms with E-state index in [1.54, 1.807) is 4.90 Å². The first-order chi connectivity index (χ1) is 8.22. The Balaban J connectivity index is 2.77. The van der Waals surface area contributed by atoms with Gasteiger partial charge in [0.05, 0.1) is 15.7 Å². The van der Waals surface area contributed by atoms with Gasteiger partial charge in [0.2, 0.25) is 0 Å². The van der Waals surface area contributed by atoms with E-state index in [4.69, 9.17) is 15.7 Å². The highest BCUT2D eigenvalue weighted by Gasteiger charge is 2.13. The molecule has 0 aliphatic heterocycles. The molecule has 0 fully saturated rings. The molecule has 1 rings (SSSR count). The number of rotatable bonds is 6. The first kappa shape index (κ1) is 13.9. The maximum absolute atomic E-state index is 12.1. The second kappa shape index (κ2) is 7.21. The molecule has 0 saturated heterocycles. The van der Waals surface area contributed by atoms with Crippen molar-refractivity contribution in [1.82, 2.24) is 4.90 Å². The van der Waals surface area contributed by atoms with Crippen molar-refractivity contribution < 1.29 is 4.79 Å². The van der Waals surface area contributed by atoms with Crippen molar-refractivity contribution >= 4 is 21.6 Å². The molecule has 0 saturated carbocycles. The summed E-state index contributed by atoms with van der Waals surface area (Å²) < 4.78 is 0. The predicted molar refractivity (Wildman–Crippen MR) is 72.8 cm³/mol. The molecule has 0 heterocycles. The molecule has 0 atom stereocenters. The Morgan fingerprint density at radius 1 is 1.12 bits per heavy atom. The van der Waals surface area contributed by atoms with E-state index in [0.29, 0.717) is 31.3 Å². The summed E-state index contributed by atoms with van der Waals surface area (Å²) in [6.07, 6.45) is 1.89. The topological polar surface area (TPSA) is 20.3 Å². The molecule has 0 spiro atoms. The zero-order valence-corrected chi connectivity index (χ0v) is 10.4. The van der Waals surface area contributed by atoms with Crippen molar-refractivity contribution in [2.24, 2.45) is 0 Å². The standard InChI is InChI=1S/C13H17B2NO/c1-2-11-3-5-12(6-4-11)13(17)16(9-7-14)10-8-15/h3-6H,2,7-10H2,1H3. The minimum atomic E-state index is 0.00329. The Morgan fingerprint density at radius 3 is 2.06 bits per heavy atom. The zero-order chi connectivity index (χ0) is 12.7. The normalized spacial score (nSPS) is 10.2. The van der Waals surface area contributed by atoms with Crippen LogP contribution in [-0.4, -0.2) is 39.6 Å². The summed E-state index contributed by atoms with van der Waals surface area (Å²) in [4.78, 5) is 13.8. The fourth-order valence-corrected chi connectivity index (χ4v) is 1.69. The molecular weight excluding hydrogens is 208 g/mol. The summed E-state index contributed by atoms with van der Waals surface area (Å²) in [5.41, 5.74) is 1.93. The third-order valence-electron chi connectivity index (χ3n) is 2.69. The van der Waals surface area contributed by atoms with Crippen LogP contribution in [-0.2, 0) is 6.42 Å². The number of hydrogen-bond acceptors (Lipinski definition) is 1. The van der Waals surface area contributed by atoms with Crippen LogP contribution < -0.4 is 0 Å². The molecule has 0 N–H and O–H groups in total. The van der Waals surface area contributed by atoms with Crippen LogP contribution in [0.5, 0.6) is 0 Å². The van der Waals surface area contributed by atoms with Crippen molar-refractivity contribution in [1.29, 1.82) is 0 Å². The minimum Gasteiger partial charge on any atom is -0.340 e. The molecular formula is C13H17B2NO. The Labute approximate surface area is 106 Å². The van der Waals surface area contributed by atoms with E-state index < -0.39 is 0 Å². The van der Waals surface area contributed by atoms with Gasteiger partial charge in [-0.2, -0.15) is 0 Å². The fraction of sp³-hybridized carbons (Fsp3) is 0.462. The monoisotopic (exact) mass is 225 g/mol. The molecule has 1 aromatic rings. The lowest BCUT2D eigenvalue weighted by molar-refractivity contribution is 0.0773. The van der Waals surface area contributed by atoms with Gasteiger partial charge in [-0.3, -0.25) is 4.79 Å². The van der Waals surface area contributed by atoms with E-state index in [1.807, 2.05) is 24.3 Å². The van der Waals surface area contributed by atoms with Gasteiger partial charge in [-0.25, -0.2) is 0 Å². The van der Waals surface area contributed by atoms with Gasteiger partial charge in [-0.15, -0.1) is 0 Å². The summed E-state index contributed by atoms with van der Waals surface area (Å²) in [6, 6.07) is 7.69. The largest absolute Gasteiger partial charge is 0.340 e. The van der Waals surface area contributed by atoms with E-state index in [9.17, 15) is 4.79 Å². The molecule has 0 aliphatic rings. The number of benzene rings is 1. The van der Waals surface area contributed by atoms with Gasteiger partial charge in [0.15, 0.2) is 0 Å². The van der Waals surface area contributed by atoms with Gasteiger partial charge in [0, 0.05) is 18.7 Å². The smallest absolute Gasteiger partial charge is 0.253 e. The van der Waals surface area contributed by atoms with Crippen LogP contribution in [0.3, 0.4) is 0 Å². The average Bonchev–Trinajstić information content (AvgIpc) is 2.38. The van der Waals surface area contributed by atoms with E-state index in [0.717, 1.165) is 6.42 Å². The maximum Gasteiger partial charge on any atom is 0.253 e. The maximum atomic E-state index is 12.1. The summed E-state index contributed by atoms with van der Waals surface area (Å²) in [6.45, 7) is 3.18. The second-order valence-electron chi connectivity index (χ2n) is 3.92. The molecule has 0 aromatic heterocycles. The van der Waals surface area contributed by atoms with Gasteiger partial charge < -0.3 is 4.90 Å². The molecule has 4 radical (unpaired) electrons. The quantitative estimate of drug-likeness (QED) is 0.676. The minimum absolute atomic E-state index is 0.00329. The Hall–Kier alpha value is -1.18. The molecule has 4 heteroatoms. The predicted octanol–water partition coefficient (Wildman–Crippen LogP) is 1.86. The van der Waals surface area contributed by atoms with Crippen molar-refractivity contribution in [3.05, 3.63) is 35.4 Å². The summed E-state index contributed by atoms with van der Waals surface area (Å²) in [5, 5.41) is 0. The third kappa shape index (κ3) is 3.95. The second-order valence-corrected chi connectivity index (χ2v) is 3.92. The Morgan fingerprint density at radius 2 is 1.65 bits per heavy atom. The van der Waals surface area contributed by atoms with Crippen LogP contribution in [0.4, 0.5) is 0 Å². The summed E-state index contributed by atoms with van der Waals surface area (Å²) in [5.74, 6) is 0.00329. The van der Waals surface area contributed by atoms with Crippen LogP contribution in [0, 0.1) is 0 Å². The van der Waals surface area contributed by atoms with Crippen molar-refractivity contribution in [3.8, 4) is 0 Å². The molecule has 2 nitrogen and oxygen atoms in total. The molecule has 0 unspecified atom stereocenters. The number of aryl methyl sites for hydroxylation is 1. The van der Waals surface area contributed by atoms with E-state index in [1.165, 1.54) is 5.56 Å². The number of carbonyl (C=O) groups is 1. The van der Waals surface area contributed by atoms with E-state index >= 15 is 0 Å². The first-order valence-electron chi connectivity index (χ1n) is 6.01. The molecule has 17 heavy (non-hydrogen) atoms. The number of nitrogens with zero attached hydrogens (tertiary/aromatic N) is 1. The highest BCUT2D eigenvalue weighted by atomic mass is 16.2. The lowest BCUT2D eigenvalue weighted by atomic mass is 10.0. The molecule has 86 valence electrons. The zero-order valence-electron chi connectivity index (χ0n) is 10.4. The van der Waals surface area contributed by atoms with Crippen LogP contribution in [0.2, 0.25) is 12.6 Å². The van der Waals surface area contributed by atoms with Crippen LogP contribution in [0.1, 0.15) is 22.8 Å². The SMILES string of the molecule is [B]CCN(CC[B])C(=O)c1ccc(CC)cc1. The lowest BCUT2D eigenvalue weighted by Crippen LogP contribution is -2.32. The average molecular weight is 225 g/mol. The van der Waals surface area contributed by atoms with E-state index in [2.05, 4.69) is 6.92 Å². The van der Waals surface area contributed by atoms with Gasteiger partial charge in [-0.1, -0.05) is 31.7 Å². The molecule has 1 aromatic carbocycles. The lowest BCUT2D eigenvalue weighted by Gasteiger charge is -2.21. The van der Waals surface area contributed by atoms with Crippen molar-refractivity contribution in [2.75, 3.05) is 13.1 Å². The Kier molecular flexibility index (Phi) is 5.88. The van der Waals surface area contributed by atoms with Gasteiger partial charge >= 0.3 is 0 Å². The number of amides is 1. The van der Waals surface area contributed by atoms with Crippen molar-refractivity contribution in [2.45, 2.75) is 26.0 Å². The van der Waals surface area contributed by atoms with E-state index in [-0.39, 0.29) is 5.91 Å². The summed E-state index contributed by atoms with van der Waals surface area (Å²) >= 11 is 0. The highest BCUT2D eigenvalue weighted by molar-refractivity contribution is 6.09. The van der Waals surface area contributed by atoms with Crippen LogP contribution >= 0.6 is 0 Å². The highest BCUT2D eigenvalue weighted by Crippen LogP contribution is 2.09. The number of hydrogen-bond donors (Lipinski definition) is 0. The fourth-order valence-electron chi connectivity index (χ4n) is 1.69. The van der Waals surface area contributed by atoms with Gasteiger partial charge in [0.25, 0.3) is 5.91 Å². The molecule has 0 aliphatic carbocycles.